The van der Waals surface area contributed by atoms with Crippen LogP contribution >= 0.6 is 11.6 Å². The molecule has 0 aliphatic rings. The molecule has 4 heteroatoms. The van der Waals surface area contributed by atoms with E-state index in [9.17, 15) is 9.50 Å². The van der Waals surface area contributed by atoms with Crippen molar-refractivity contribution in [2.75, 3.05) is 0 Å². The third-order valence-corrected chi connectivity index (χ3v) is 3.45. The highest BCUT2D eigenvalue weighted by Gasteiger charge is 2.24. The summed E-state index contributed by atoms with van der Waals surface area (Å²) < 4.78 is 13.4. The Labute approximate surface area is 122 Å². The zero-order chi connectivity index (χ0) is 14.8. The van der Waals surface area contributed by atoms with E-state index in [-0.39, 0.29) is 11.4 Å². The lowest BCUT2D eigenvalue weighted by molar-refractivity contribution is 0.0575. The number of aliphatic hydroxyl groups is 1. The molecular formula is C16H13ClFNO. The molecule has 2 aromatic rings. The molecule has 2 aromatic carbocycles. The lowest BCUT2D eigenvalue weighted by Crippen LogP contribution is -2.24. The van der Waals surface area contributed by atoms with Crippen LogP contribution in [0.25, 0.3) is 0 Å². The number of nitrogens with zero attached hydrogens (tertiary/aromatic N) is 1. The van der Waals surface area contributed by atoms with Crippen LogP contribution in [0.15, 0.2) is 42.5 Å². The van der Waals surface area contributed by atoms with E-state index < -0.39 is 11.4 Å². The third-order valence-electron chi connectivity index (χ3n) is 3.15. The molecule has 0 aromatic heterocycles. The minimum Gasteiger partial charge on any atom is -0.385 e. The Hall–Kier alpha value is -1.89. The maximum Gasteiger partial charge on any atom is 0.142 e. The number of nitriles is 1. The van der Waals surface area contributed by atoms with Gasteiger partial charge in [-0.05, 0) is 42.3 Å². The van der Waals surface area contributed by atoms with Gasteiger partial charge in [0, 0.05) is 6.42 Å². The Morgan fingerprint density at radius 1 is 1.30 bits per heavy atom. The van der Waals surface area contributed by atoms with Crippen molar-refractivity contribution in [3.05, 3.63) is 70.0 Å². The fraction of sp³-hybridized carbons (Fsp3) is 0.188. The number of hydrogen-bond donors (Lipinski definition) is 1. The van der Waals surface area contributed by atoms with Gasteiger partial charge in [-0.15, -0.1) is 0 Å². The van der Waals surface area contributed by atoms with Crippen LogP contribution in [0.1, 0.15) is 23.6 Å². The Morgan fingerprint density at radius 2 is 2.05 bits per heavy atom. The fourth-order valence-electron chi connectivity index (χ4n) is 2.07. The summed E-state index contributed by atoms with van der Waals surface area (Å²) in [6.07, 6.45) is 0.232. The standard InChI is InChI=1S/C16H13ClFNO/c1-16(20,13-4-2-3-12(7-13)10-19)9-11-5-6-14(17)15(18)8-11/h2-8,20H,9H2,1H3. The number of halogens is 2. The molecule has 102 valence electrons. The minimum absolute atomic E-state index is 0.0554. The average Bonchev–Trinajstić information content (AvgIpc) is 2.43. The largest absolute Gasteiger partial charge is 0.385 e. The molecule has 1 atom stereocenters. The van der Waals surface area contributed by atoms with Gasteiger partial charge in [-0.3, -0.25) is 0 Å². The monoisotopic (exact) mass is 289 g/mol. The Bertz CT molecular complexity index is 676. The second-order valence-corrected chi connectivity index (χ2v) is 5.30. The lowest BCUT2D eigenvalue weighted by Gasteiger charge is -2.24. The molecule has 0 spiro atoms. The van der Waals surface area contributed by atoms with Crippen molar-refractivity contribution in [2.24, 2.45) is 0 Å². The zero-order valence-corrected chi connectivity index (χ0v) is 11.7. The first kappa shape index (κ1) is 14.5. The second kappa shape index (κ2) is 5.62. The molecule has 20 heavy (non-hydrogen) atoms. The van der Waals surface area contributed by atoms with Gasteiger partial charge in [0.1, 0.15) is 5.82 Å². The van der Waals surface area contributed by atoms with Crippen LogP contribution in [0.2, 0.25) is 5.02 Å². The molecule has 0 saturated carbocycles. The highest BCUT2D eigenvalue weighted by atomic mass is 35.5. The molecule has 2 rings (SSSR count). The number of rotatable bonds is 3. The highest BCUT2D eigenvalue weighted by Crippen LogP contribution is 2.27. The van der Waals surface area contributed by atoms with E-state index in [2.05, 4.69) is 0 Å². The first-order valence-electron chi connectivity index (χ1n) is 6.09. The summed E-state index contributed by atoms with van der Waals surface area (Å²) in [6.45, 7) is 1.63. The van der Waals surface area contributed by atoms with Crippen LogP contribution in [0.3, 0.4) is 0 Å². The molecule has 1 N–H and O–H groups in total. The maximum absolute atomic E-state index is 13.4. The maximum atomic E-state index is 13.4. The predicted octanol–water partition coefficient (Wildman–Crippen LogP) is 3.80. The fourth-order valence-corrected chi connectivity index (χ4v) is 2.19. The van der Waals surface area contributed by atoms with Crippen LogP contribution in [0.4, 0.5) is 4.39 Å². The first-order chi connectivity index (χ1) is 9.42. The van der Waals surface area contributed by atoms with E-state index in [1.54, 1.807) is 37.3 Å². The van der Waals surface area contributed by atoms with Crippen LogP contribution in [-0.2, 0) is 12.0 Å². The van der Waals surface area contributed by atoms with Crippen molar-refractivity contribution in [3.63, 3.8) is 0 Å². The van der Waals surface area contributed by atoms with E-state index in [1.807, 2.05) is 6.07 Å². The molecule has 0 heterocycles. The summed E-state index contributed by atoms with van der Waals surface area (Å²) >= 11 is 5.63. The lowest BCUT2D eigenvalue weighted by atomic mass is 9.88. The van der Waals surface area contributed by atoms with E-state index in [1.165, 1.54) is 12.1 Å². The van der Waals surface area contributed by atoms with Crippen molar-refractivity contribution in [1.29, 1.82) is 5.26 Å². The van der Waals surface area contributed by atoms with Crippen LogP contribution < -0.4 is 0 Å². The molecule has 0 aliphatic heterocycles. The van der Waals surface area contributed by atoms with E-state index in [4.69, 9.17) is 16.9 Å². The summed E-state index contributed by atoms with van der Waals surface area (Å²) in [5, 5.41) is 19.5. The Morgan fingerprint density at radius 3 is 2.70 bits per heavy atom. The second-order valence-electron chi connectivity index (χ2n) is 4.89. The Kier molecular flexibility index (Phi) is 4.08. The van der Waals surface area contributed by atoms with Gasteiger partial charge in [-0.25, -0.2) is 4.39 Å². The van der Waals surface area contributed by atoms with Gasteiger partial charge >= 0.3 is 0 Å². The molecule has 0 aliphatic carbocycles. The average molecular weight is 290 g/mol. The quantitative estimate of drug-likeness (QED) is 0.934. The van der Waals surface area contributed by atoms with Gasteiger partial charge in [0.25, 0.3) is 0 Å². The van der Waals surface area contributed by atoms with Crippen LogP contribution in [-0.4, -0.2) is 5.11 Å². The van der Waals surface area contributed by atoms with Crippen LogP contribution in [0.5, 0.6) is 0 Å². The summed E-state index contributed by atoms with van der Waals surface area (Å²) in [6, 6.07) is 13.2. The molecule has 2 nitrogen and oxygen atoms in total. The molecule has 0 radical (unpaired) electrons. The van der Waals surface area contributed by atoms with Crippen molar-refractivity contribution < 1.29 is 9.50 Å². The topological polar surface area (TPSA) is 44.0 Å². The van der Waals surface area contributed by atoms with Crippen molar-refractivity contribution >= 4 is 11.6 Å². The number of benzene rings is 2. The normalized spacial score (nSPS) is 13.6. The molecule has 0 bridgehead atoms. The van der Waals surface area contributed by atoms with Gasteiger partial charge in [0.15, 0.2) is 0 Å². The van der Waals surface area contributed by atoms with Gasteiger partial charge in [-0.1, -0.05) is 29.8 Å². The smallest absolute Gasteiger partial charge is 0.142 e. The molecular weight excluding hydrogens is 277 g/mol. The summed E-state index contributed by atoms with van der Waals surface area (Å²) in [5.74, 6) is -0.509. The van der Waals surface area contributed by atoms with E-state index in [0.717, 1.165) is 0 Å². The first-order valence-corrected chi connectivity index (χ1v) is 6.47. The summed E-state index contributed by atoms with van der Waals surface area (Å²) in [7, 11) is 0. The Balaban J connectivity index is 2.30. The summed E-state index contributed by atoms with van der Waals surface area (Å²) in [4.78, 5) is 0. The number of hydrogen-bond acceptors (Lipinski definition) is 2. The van der Waals surface area contributed by atoms with Crippen molar-refractivity contribution in [2.45, 2.75) is 18.9 Å². The summed E-state index contributed by atoms with van der Waals surface area (Å²) in [5.41, 5.74) is 0.545. The predicted molar refractivity (Wildman–Crippen MR) is 75.8 cm³/mol. The van der Waals surface area contributed by atoms with Gasteiger partial charge in [-0.2, -0.15) is 5.26 Å². The van der Waals surface area contributed by atoms with Gasteiger partial charge in [0.2, 0.25) is 0 Å². The SMILES string of the molecule is CC(O)(Cc1ccc(Cl)c(F)c1)c1cccc(C#N)c1. The van der Waals surface area contributed by atoms with Crippen molar-refractivity contribution in [1.82, 2.24) is 0 Å². The third kappa shape index (κ3) is 3.16. The van der Waals surface area contributed by atoms with Crippen LogP contribution in [0, 0.1) is 17.1 Å². The molecule has 1 unspecified atom stereocenters. The van der Waals surface area contributed by atoms with E-state index in [0.29, 0.717) is 16.7 Å². The molecule has 0 fully saturated rings. The van der Waals surface area contributed by atoms with Gasteiger partial charge < -0.3 is 5.11 Å². The zero-order valence-electron chi connectivity index (χ0n) is 10.9. The molecule has 0 saturated heterocycles. The van der Waals surface area contributed by atoms with Crippen molar-refractivity contribution in [3.8, 4) is 6.07 Å². The highest BCUT2D eigenvalue weighted by molar-refractivity contribution is 6.30. The van der Waals surface area contributed by atoms with E-state index >= 15 is 0 Å². The van der Waals surface area contributed by atoms with Gasteiger partial charge in [0.05, 0.1) is 22.3 Å². The minimum atomic E-state index is -1.19. The molecule has 0 amide bonds.